The number of halogens is 6. The van der Waals surface area contributed by atoms with Gasteiger partial charge in [0.15, 0.2) is 5.76 Å². The fourth-order valence-electron chi connectivity index (χ4n) is 4.53. The molecule has 5 rings (SSSR count). The molecule has 0 aliphatic carbocycles. The minimum absolute atomic E-state index is 0.00808. The molecule has 5 heterocycles. The lowest BCUT2D eigenvalue weighted by Gasteiger charge is -2.10. The standard InChI is InChI=1S/C26H21F6N7O3S/c1-3-38-10(2)13(8-34-38)12-6-14(21(27)28)35-26-18(12)19(20(43-26)24(33)40)36-25(41)17-5-4-11(42-17)9-39-16(23(31)32)7-15(37-39)22(29)30/h4-8,21-23H,3,9H2,1-2H3,(H2,33,40)(H,36,41). The number of nitrogens with zero attached hydrogens (tertiary/aromatic N) is 5. The van der Waals surface area contributed by atoms with Gasteiger partial charge in [0.05, 0.1) is 18.4 Å². The number of primary amides is 1. The largest absolute Gasteiger partial charge is 0.454 e. The summed E-state index contributed by atoms with van der Waals surface area (Å²) in [7, 11) is 0. The lowest BCUT2D eigenvalue weighted by molar-refractivity contribution is 0.0994. The predicted molar refractivity (Wildman–Crippen MR) is 143 cm³/mol. The molecule has 2 amide bonds. The Morgan fingerprint density at radius 2 is 1.74 bits per heavy atom. The summed E-state index contributed by atoms with van der Waals surface area (Å²) >= 11 is 0.708. The van der Waals surface area contributed by atoms with Crippen molar-refractivity contribution in [3.8, 4) is 11.1 Å². The first-order valence-electron chi connectivity index (χ1n) is 12.5. The number of furan rings is 1. The Kier molecular flexibility index (Phi) is 8.00. The highest BCUT2D eigenvalue weighted by Gasteiger charge is 2.28. The first kappa shape index (κ1) is 29.8. The summed E-state index contributed by atoms with van der Waals surface area (Å²) in [6.07, 6.45) is -7.65. The predicted octanol–water partition coefficient (Wildman–Crippen LogP) is 6.49. The second-order valence-electron chi connectivity index (χ2n) is 9.18. The van der Waals surface area contributed by atoms with Gasteiger partial charge in [0.2, 0.25) is 0 Å². The van der Waals surface area contributed by atoms with E-state index in [-0.39, 0.29) is 37.9 Å². The zero-order valence-corrected chi connectivity index (χ0v) is 23.1. The highest BCUT2D eigenvalue weighted by molar-refractivity contribution is 7.21. The minimum Gasteiger partial charge on any atom is -0.454 e. The quantitative estimate of drug-likeness (QED) is 0.171. The fourth-order valence-corrected chi connectivity index (χ4v) is 5.55. The van der Waals surface area contributed by atoms with Crippen LogP contribution < -0.4 is 11.1 Å². The second kappa shape index (κ2) is 11.5. The maximum Gasteiger partial charge on any atom is 0.291 e. The van der Waals surface area contributed by atoms with Crippen molar-refractivity contribution in [1.29, 1.82) is 0 Å². The van der Waals surface area contributed by atoms with Crippen molar-refractivity contribution in [3.63, 3.8) is 0 Å². The number of nitrogens with two attached hydrogens (primary N) is 1. The first-order valence-corrected chi connectivity index (χ1v) is 13.3. The number of thiophene rings is 1. The Hall–Kier alpha value is -4.67. The fraction of sp³-hybridized carbons (Fsp3) is 0.269. The van der Waals surface area contributed by atoms with Crippen LogP contribution >= 0.6 is 11.3 Å². The molecule has 0 aliphatic heterocycles. The van der Waals surface area contributed by atoms with Gasteiger partial charge in [-0.15, -0.1) is 11.3 Å². The first-order chi connectivity index (χ1) is 20.4. The van der Waals surface area contributed by atoms with Crippen LogP contribution in [0.15, 0.2) is 34.9 Å². The average Bonchev–Trinajstić information content (AvgIpc) is 3.73. The molecule has 0 spiro atoms. The smallest absolute Gasteiger partial charge is 0.291 e. The van der Waals surface area contributed by atoms with E-state index in [0.29, 0.717) is 39.9 Å². The lowest BCUT2D eigenvalue weighted by atomic mass is 10.0. The van der Waals surface area contributed by atoms with Crippen LogP contribution in [0.3, 0.4) is 0 Å². The van der Waals surface area contributed by atoms with Crippen LogP contribution in [-0.2, 0) is 13.1 Å². The highest BCUT2D eigenvalue weighted by Crippen LogP contribution is 2.43. The van der Waals surface area contributed by atoms with E-state index in [1.165, 1.54) is 18.3 Å². The molecule has 0 atom stereocenters. The number of hydrogen-bond acceptors (Lipinski definition) is 7. The molecule has 0 saturated carbocycles. The molecule has 0 saturated heterocycles. The van der Waals surface area contributed by atoms with Gasteiger partial charge in [-0.1, -0.05) is 0 Å². The third-order valence-corrected chi connectivity index (χ3v) is 7.63. The van der Waals surface area contributed by atoms with Crippen molar-refractivity contribution in [1.82, 2.24) is 24.5 Å². The molecule has 0 aromatic carbocycles. The Labute approximate surface area is 242 Å². The van der Waals surface area contributed by atoms with E-state index in [0.717, 1.165) is 6.07 Å². The summed E-state index contributed by atoms with van der Waals surface area (Å²) in [6, 6.07) is 4.19. The van der Waals surface area contributed by atoms with Gasteiger partial charge in [-0.05, 0) is 43.7 Å². The molecule has 0 bridgehead atoms. The lowest BCUT2D eigenvalue weighted by Crippen LogP contribution is -2.16. The summed E-state index contributed by atoms with van der Waals surface area (Å²) in [4.78, 5) is 29.5. The van der Waals surface area contributed by atoms with Gasteiger partial charge in [-0.25, -0.2) is 31.3 Å². The number of carbonyl (C=O) groups is 2. The number of aryl methyl sites for hydroxylation is 1. The molecule has 0 fully saturated rings. The third-order valence-electron chi connectivity index (χ3n) is 6.53. The van der Waals surface area contributed by atoms with E-state index < -0.39 is 54.7 Å². The van der Waals surface area contributed by atoms with E-state index in [2.05, 4.69) is 20.5 Å². The minimum atomic E-state index is -3.10. The van der Waals surface area contributed by atoms with Crippen molar-refractivity contribution in [2.24, 2.45) is 5.73 Å². The van der Waals surface area contributed by atoms with Crippen molar-refractivity contribution in [2.75, 3.05) is 5.32 Å². The van der Waals surface area contributed by atoms with Crippen LogP contribution in [0.25, 0.3) is 21.3 Å². The SMILES string of the molecule is CCn1ncc(-c2cc(C(F)F)nc3sc(C(N)=O)c(NC(=O)c4ccc(Cn5nc(C(F)F)cc5C(F)F)o4)c23)c1C. The summed E-state index contributed by atoms with van der Waals surface area (Å²) in [5, 5.41) is 10.5. The van der Waals surface area contributed by atoms with Crippen LogP contribution in [0.5, 0.6) is 0 Å². The Morgan fingerprint density at radius 1 is 1.02 bits per heavy atom. The Balaban J connectivity index is 1.54. The number of alkyl halides is 6. The summed E-state index contributed by atoms with van der Waals surface area (Å²) in [5.41, 5.74) is 4.61. The molecule has 0 radical (unpaired) electrons. The van der Waals surface area contributed by atoms with Gasteiger partial charge in [-0.3, -0.25) is 19.0 Å². The van der Waals surface area contributed by atoms with Crippen molar-refractivity contribution in [3.05, 3.63) is 69.6 Å². The zero-order chi connectivity index (χ0) is 31.2. The molecular weight excluding hydrogens is 604 g/mol. The molecule has 17 heteroatoms. The molecule has 10 nitrogen and oxygen atoms in total. The molecule has 5 aromatic heterocycles. The van der Waals surface area contributed by atoms with Gasteiger partial charge < -0.3 is 15.5 Å². The van der Waals surface area contributed by atoms with Crippen LogP contribution in [0.2, 0.25) is 0 Å². The zero-order valence-electron chi connectivity index (χ0n) is 22.2. The second-order valence-corrected chi connectivity index (χ2v) is 10.2. The van der Waals surface area contributed by atoms with E-state index >= 15 is 0 Å². The van der Waals surface area contributed by atoms with E-state index in [9.17, 15) is 35.9 Å². The number of pyridine rings is 1. The molecule has 5 aromatic rings. The number of anilines is 1. The number of hydrogen-bond donors (Lipinski definition) is 2. The van der Waals surface area contributed by atoms with E-state index in [4.69, 9.17) is 10.2 Å². The monoisotopic (exact) mass is 625 g/mol. The van der Waals surface area contributed by atoms with Gasteiger partial charge in [0.25, 0.3) is 31.1 Å². The highest BCUT2D eigenvalue weighted by atomic mass is 32.1. The molecule has 0 unspecified atom stereocenters. The summed E-state index contributed by atoms with van der Waals surface area (Å²) in [6.45, 7) is 3.57. The molecule has 3 N–H and O–H groups in total. The Morgan fingerprint density at radius 3 is 2.35 bits per heavy atom. The maximum absolute atomic E-state index is 13.8. The van der Waals surface area contributed by atoms with Crippen molar-refractivity contribution in [2.45, 2.75) is 46.2 Å². The molecular formula is C26H21F6N7O3S. The molecule has 43 heavy (non-hydrogen) atoms. The van der Waals surface area contributed by atoms with Crippen LogP contribution in [0.4, 0.5) is 32.0 Å². The summed E-state index contributed by atoms with van der Waals surface area (Å²) < 4.78 is 88.1. The number of fused-ring (bicyclic) bond motifs is 1. The number of carbonyl (C=O) groups excluding carboxylic acids is 2. The number of amides is 2. The van der Waals surface area contributed by atoms with Crippen LogP contribution in [-0.4, -0.2) is 36.4 Å². The van der Waals surface area contributed by atoms with Gasteiger partial charge >= 0.3 is 0 Å². The van der Waals surface area contributed by atoms with E-state index in [1.807, 2.05) is 6.92 Å². The number of rotatable bonds is 10. The van der Waals surface area contributed by atoms with E-state index in [1.54, 1.807) is 11.6 Å². The van der Waals surface area contributed by atoms with Gasteiger partial charge in [-0.2, -0.15) is 10.2 Å². The van der Waals surface area contributed by atoms with Crippen LogP contribution in [0.1, 0.15) is 75.0 Å². The maximum atomic E-state index is 13.8. The number of aromatic nitrogens is 5. The average molecular weight is 626 g/mol. The molecule has 226 valence electrons. The van der Waals surface area contributed by atoms with Gasteiger partial charge in [0, 0.05) is 23.2 Å². The number of nitrogens with one attached hydrogen (secondary N) is 1. The normalized spacial score (nSPS) is 11.9. The molecule has 0 aliphatic rings. The third kappa shape index (κ3) is 5.59. The van der Waals surface area contributed by atoms with Gasteiger partial charge in [0.1, 0.15) is 32.5 Å². The Bertz CT molecular complexity index is 1840. The summed E-state index contributed by atoms with van der Waals surface area (Å²) in [5.74, 6) is -2.26. The topological polar surface area (TPSA) is 134 Å². The van der Waals surface area contributed by atoms with Crippen LogP contribution in [0, 0.1) is 6.92 Å². The van der Waals surface area contributed by atoms with Crippen molar-refractivity contribution >= 4 is 39.1 Å². The van der Waals surface area contributed by atoms with Crippen molar-refractivity contribution < 1.29 is 40.3 Å².